The van der Waals surface area contributed by atoms with E-state index in [0.29, 0.717) is 13.0 Å². The number of nitrogens with two attached hydrogens (primary N) is 1. The zero-order chi connectivity index (χ0) is 20.9. The van der Waals surface area contributed by atoms with E-state index in [1.807, 2.05) is 30.3 Å². The van der Waals surface area contributed by atoms with Gasteiger partial charge in [0.05, 0.1) is 17.5 Å². The normalized spacial score (nSPS) is 20.8. The summed E-state index contributed by atoms with van der Waals surface area (Å²) in [5, 5.41) is 2.98. The number of nitrogens with one attached hydrogen (secondary N) is 1. The van der Waals surface area contributed by atoms with Gasteiger partial charge < -0.3 is 11.1 Å². The zero-order valence-corrected chi connectivity index (χ0v) is 17.2. The highest BCUT2D eigenvalue weighted by molar-refractivity contribution is 7.89. The van der Waals surface area contributed by atoms with Gasteiger partial charge in [0.15, 0.2) is 0 Å². The Morgan fingerprint density at radius 1 is 1.13 bits per heavy atom. The van der Waals surface area contributed by atoms with Gasteiger partial charge in [-0.3, -0.25) is 4.90 Å². The first kappa shape index (κ1) is 18.9. The maximum absolute atomic E-state index is 13.3. The summed E-state index contributed by atoms with van der Waals surface area (Å²) in [6, 6.07) is 14.2. The highest BCUT2D eigenvalue weighted by Gasteiger charge is 2.36. The van der Waals surface area contributed by atoms with Gasteiger partial charge in [-0.05, 0) is 48.6 Å². The number of carbonyl (C=O) groups is 1. The van der Waals surface area contributed by atoms with Crippen molar-refractivity contribution in [1.29, 1.82) is 0 Å². The molecule has 0 aromatic heterocycles. The summed E-state index contributed by atoms with van der Waals surface area (Å²) < 4.78 is 27.7. The van der Waals surface area contributed by atoms with Crippen molar-refractivity contribution in [2.24, 2.45) is 10.7 Å². The van der Waals surface area contributed by atoms with Crippen LogP contribution in [0.15, 0.2) is 58.4 Å². The molecule has 5 rings (SSSR count). The lowest BCUT2D eigenvalue weighted by Crippen LogP contribution is -2.40. The minimum absolute atomic E-state index is 0.00482. The molecule has 3 aliphatic rings. The molecule has 0 bridgehead atoms. The molecular weight excluding hydrogens is 402 g/mol. The molecule has 1 fully saturated rings. The van der Waals surface area contributed by atoms with Crippen molar-refractivity contribution in [3.05, 3.63) is 59.7 Å². The number of carbonyl (C=O) groups excluding carboxylic acids is 1. The lowest BCUT2D eigenvalue weighted by Gasteiger charge is -2.20. The lowest BCUT2D eigenvalue weighted by atomic mass is 10.1. The predicted octanol–water partition coefficient (Wildman–Crippen LogP) is 1.98. The average molecular weight is 426 g/mol. The fourth-order valence-corrected chi connectivity index (χ4v) is 5.37. The van der Waals surface area contributed by atoms with Crippen LogP contribution in [0.3, 0.4) is 0 Å². The third-order valence-electron chi connectivity index (χ3n) is 5.75. The van der Waals surface area contributed by atoms with Gasteiger partial charge in [-0.15, -0.1) is 0 Å². The average Bonchev–Trinajstić information content (AvgIpc) is 3.30. The molecule has 2 heterocycles. The summed E-state index contributed by atoms with van der Waals surface area (Å²) in [4.78, 5) is 18.6. The third-order valence-corrected chi connectivity index (χ3v) is 7.52. The van der Waals surface area contributed by atoms with Crippen LogP contribution in [0.5, 0.6) is 0 Å². The number of aliphatic imine (C=N–C) groups is 1. The number of anilines is 1. The topological polar surface area (TPSA) is 108 Å². The van der Waals surface area contributed by atoms with Gasteiger partial charge in [-0.25, -0.2) is 22.5 Å². The van der Waals surface area contributed by atoms with Gasteiger partial charge in [0.2, 0.25) is 5.96 Å². The van der Waals surface area contributed by atoms with E-state index in [0.717, 1.165) is 29.7 Å². The second-order valence-corrected chi connectivity index (χ2v) is 9.73. The Morgan fingerprint density at radius 2 is 1.90 bits per heavy atom. The molecule has 0 spiro atoms. The van der Waals surface area contributed by atoms with Gasteiger partial charge in [0, 0.05) is 18.3 Å². The van der Waals surface area contributed by atoms with Crippen molar-refractivity contribution in [3.8, 4) is 0 Å². The fraction of sp³-hybridized carbons (Fsp3) is 0.333. The van der Waals surface area contributed by atoms with Gasteiger partial charge in [-0.2, -0.15) is 0 Å². The Labute approximate surface area is 175 Å². The van der Waals surface area contributed by atoms with Crippen LogP contribution in [0.4, 0.5) is 10.5 Å². The fourth-order valence-electron chi connectivity index (χ4n) is 3.95. The van der Waals surface area contributed by atoms with Gasteiger partial charge in [0.25, 0.3) is 10.0 Å². The van der Waals surface area contributed by atoms with Crippen LogP contribution in [0, 0.1) is 0 Å². The molecule has 1 aliphatic carbocycles. The van der Waals surface area contributed by atoms with E-state index in [-0.39, 0.29) is 35.5 Å². The molecule has 9 heteroatoms. The first-order chi connectivity index (χ1) is 14.4. The van der Waals surface area contributed by atoms with Gasteiger partial charge in [0.1, 0.15) is 0 Å². The number of amides is 2. The zero-order valence-electron chi connectivity index (χ0n) is 16.4. The summed E-state index contributed by atoms with van der Waals surface area (Å²) in [5.41, 5.74) is 8.52. The number of benzene rings is 2. The molecule has 2 aromatic rings. The maximum Gasteiger partial charge on any atom is 0.322 e. The Balaban J connectivity index is 1.38. The Hall–Kier alpha value is -3.07. The largest absolute Gasteiger partial charge is 0.369 e. The van der Waals surface area contributed by atoms with E-state index in [1.54, 1.807) is 23.1 Å². The van der Waals surface area contributed by atoms with E-state index in [4.69, 9.17) is 5.73 Å². The van der Waals surface area contributed by atoms with Crippen LogP contribution in [0.1, 0.15) is 30.0 Å². The van der Waals surface area contributed by atoms with Gasteiger partial charge in [-0.1, -0.05) is 30.3 Å². The van der Waals surface area contributed by atoms with Crippen LogP contribution in [0.2, 0.25) is 0 Å². The highest BCUT2D eigenvalue weighted by atomic mass is 32.2. The van der Waals surface area contributed by atoms with Crippen molar-refractivity contribution in [2.75, 3.05) is 18.0 Å². The van der Waals surface area contributed by atoms with Crippen molar-refractivity contribution >= 4 is 27.7 Å². The Kier molecular flexibility index (Phi) is 4.43. The highest BCUT2D eigenvalue weighted by Crippen LogP contribution is 2.33. The molecule has 3 N–H and O–H groups in total. The first-order valence-electron chi connectivity index (χ1n) is 10.1. The number of guanidine groups is 1. The number of fused-ring (bicyclic) bond motifs is 1. The van der Waals surface area contributed by atoms with Crippen molar-refractivity contribution < 1.29 is 13.2 Å². The van der Waals surface area contributed by atoms with Crippen molar-refractivity contribution in [1.82, 2.24) is 9.62 Å². The standard InChI is InChI=1S/C21H23N5O3S/c22-20-24-18(14-4-2-1-3-5-14)13-26(20)30(28,29)17-8-9-19-15(12-17)10-11-25(19)21(27)23-16-6-7-16/h1-5,8-9,12,16,18H,6-7,10-11,13H2,(H2,22,24)(H,23,27)/t18-/m1/s1. The molecule has 0 saturated heterocycles. The van der Waals surface area contributed by atoms with Crippen molar-refractivity contribution in [2.45, 2.75) is 36.2 Å². The minimum Gasteiger partial charge on any atom is -0.369 e. The quantitative estimate of drug-likeness (QED) is 0.781. The van der Waals surface area contributed by atoms with E-state index in [2.05, 4.69) is 10.3 Å². The number of urea groups is 1. The van der Waals surface area contributed by atoms with E-state index < -0.39 is 10.0 Å². The van der Waals surface area contributed by atoms with E-state index in [9.17, 15) is 13.2 Å². The molecule has 30 heavy (non-hydrogen) atoms. The molecule has 2 aromatic carbocycles. The van der Waals surface area contributed by atoms with Crippen LogP contribution in [-0.4, -0.2) is 43.8 Å². The SMILES string of the molecule is NC1=N[C@@H](c2ccccc2)CN1S(=O)(=O)c1ccc2c(c1)CCN2C(=O)NC1CC1. The van der Waals surface area contributed by atoms with E-state index in [1.165, 1.54) is 4.31 Å². The number of rotatable bonds is 4. The van der Waals surface area contributed by atoms with Crippen molar-refractivity contribution in [3.63, 3.8) is 0 Å². The molecule has 1 atom stereocenters. The molecule has 1 saturated carbocycles. The summed E-state index contributed by atoms with van der Waals surface area (Å²) >= 11 is 0. The number of hydrogen-bond donors (Lipinski definition) is 2. The second kappa shape index (κ2) is 7.02. The summed E-state index contributed by atoms with van der Waals surface area (Å²) in [6.45, 7) is 0.714. The number of nitrogens with zero attached hydrogens (tertiary/aromatic N) is 3. The van der Waals surface area contributed by atoms with Crippen LogP contribution >= 0.6 is 0 Å². The van der Waals surface area contributed by atoms with Crippen LogP contribution in [-0.2, 0) is 16.4 Å². The lowest BCUT2D eigenvalue weighted by molar-refractivity contribution is 0.246. The molecular formula is C21H23N5O3S. The minimum atomic E-state index is -3.84. The molecule has 2 aliphatic heterocycles. The van der Waals surface area contributed by atoms with Crippen LogP contribution < -0.4 is 16.0 Å². The van der Waals surface area contributed by atoms with E-state index >= 15 is 0 Å². The maximum atomic E-state index is 13.3. The monoisotopic (exact) mass is 425 g/mol. The summed E-state index contributed by atoms with van der Waals surface area (Å²) in [5.74, 6) is -0.00482. The Morgan fingerprint density at radius 3 is 2.63 bits per heavy atom. The molecule has 156 valence electrons. The molecule has 0 unspecified atom stereocenters. The third kappa shape index (κ3) is 3.28. The smallest absolute Gasteiger partial charge is 0.322 e. The molecule has 2 amide bonds. The number of sulfonamides is 1. The first-order valence-corrected chi connectivity index (χ1v) is 11.5. The summed E-state index contributed by atoms with van der Waals surface area (Å²) in [7, 11) is -3.84. The number of hydrogen-bond acceptors (Lipinski definition) is 5. The molecule has 8 nitrogen and oxygen atoms in total. The predicted molar refractivity (Wildman–Crippen MR) is 114 cm³/mol. The second-order valence-electron chi connectivity index (χ2n) is 7.87. The molecule has 0 radical (unpaired) electrons. The van der Waals surface area contributed by atoms with Gasteiger partial charge >= 0.3 is 6.03 Å². The van der Waals surface area contributed by atoms with Crippen LogP contribution in [0.25, 0.3) is 0 Å². The summed E-state index contributed by atoms with van der Waals surface area (Å²) in [6.07, 6.45) is 2.66. The Bertz CT molecular complexity index is 1130.